The number of amides is 1. The van der Waals surface area contributed by atoms with Crippen molar-refractivity contribution in [3.63, 3.8) is 0 Å². The van der Waals surface area contributed by atoms with Crippen LogP contribution in [-0.4, -0.2) is 38.2 Å². The van der Waals surface area contributed by atoms with E-state index in [9.17, 15) is 4.79 Å². The minimum Gasteiger partial charge on any atom is -0.339 e. The predicted molar refractivity (Wildman–Crippen MR) is 96.1 cm³/mol. The van der Waals surface area contributed by atoms with Crippen LogP contribution in [-0.2, 0) is 24.2 Å². The highest BCUT2D eigenvalue weighted by Crippen LogP contribution is 2.22. The van der Waals surface area contributed by atoms with Gasteiger partial charge in [-0.3, -0.25) is 4.79 Å². The molecule has 2 rings (SSSR count). The molecule has 132 valence electrons. The summed E-state index contributed by atoms with van der Waals surface area (Å²) in [6, 6.07) is 0. The Kier molecular flexibility index (Phi) is 7.23. The van der Waals surface area contributed by atoms with Gasteiger partial charge in [0, 0.05) is 18.3 Å². The summed E-state index contributed by atoms with van der Waals surface area (Å²) in [5.74, 6) is 2.66. The largest absolute Gasteiger partial charge is 0.339 e. The second-order valence-corrected chi connectivity index (χ2v) is 8.19. The van der Waals surface area contributed by atoms with Gasteiger partial charge in [0.05, 0.1) is 18.7 Å². The first-order valence-corrected chi connectivity index (χ1v) is 10.0. The molecule has 0 atom stereocenters. The molecule has 6 nitrogen and oxygen atoms in total. The number of hydrogen-bond acceptors (Lipinski definition) is 7. The zero-order valence-electron chi connectivity index (χ0n) is 14.6. The van der Waals surface area contributed by atoms with E-state index in [1.807, 2.05) is 12.3 Å². The Morgan fingerprint density at radius 3 is 2.83 bits per heavy atom. The molecule has 2 heterocycles. The first-order valence-electron chi connectivity index (χ1n) is 8.18. The molecule has 0 saturated heterocycles. The van der Waals surface area contributed by atoms with Crippen molar-refractivity contribution in [1.82, 2.24) is 20.0 Å². The third kappa shape index (κ3) is 5.59. The number of carbonyl (C=O) groups excluding carboxylic acids is 1. The monoisotopic (exact) mass is 368 g/mol. The van der Waals surface area contributed by atoms with Gasteiger partial charge in [0.25, 0.3) is 0 Å². The Hall–Kier alpha value is -1.41. The molecule has 0 fully saturated rings. The summed E-state index contributed by atoms with van der Waals surface area (Å²) in [6.45, 7) is 9.22. The van der Waals surface area contributed by atoms with Gasteiger partial charge >= 0.3 is 0 Å². The molecule has 0 aliphatic rings. The summed E-state index contributed by atoms with van der Waals surface area (Å²) in [6.07, 6.45) is 1.06. The lowest BCUT2D eigenvalue weighted by atomic mass is 10.1. The summed E-state index contributed by atoms with van der Waals surface area (Å²) in [5.41, 5.74) is 0.827. The predicted octanol–water partition coefficient (Wildman–Crippen LogP) is 3.43. The lowest BCUT2D eigenvalue weighted by Crippen LogP contribution is -2.32. The molecule has 0 unspecified atom stereocenters. The summed E-state index contributed by atoms with van der Waals surface area (Å²) in [4.78, 5) is 23.1. The lowest BCUT2D eigenvalue weighted by Gasteiger charge is -2.18. The Balaban J connectivity index is 1.94. The molecular formula is C16H24N4O2S2. The molecule has 2 aromatic heterocycles. The number of rotatable bonds is 9. The van der Waals surface area contributed by atoms with Crippen LogP contribution >= 0.6 is 23.1 Å². The topological polar surface area (TPSA) is 72.1 Å². The Bertz CT molecular complexity index is 654. The zero-order chi connectivity index (χ0) is 17.5. The van der Waals surface area contributed by atoms with Crippen molar-refractivity contribution < 1.29 is 9.32 Å². The summed E-state index contributed by atoms with van der Waals surface area (Å²) in [7, 11) is 0. The number of hydrogen-bond donors (Lipinski definition) is 0. The van der Waals surface area contributed by atoms with E-state index in [4.69, 9.17) is 4.52 Å². The highest BCUT2D eigenvalue weighted by Gasteiger charge is 2.18. The van der Waals surface area contributed by atoms with Crippen molar-refractivity contribution in [2.75, 3.05) is 12.3 Å². The van der Waals surface area contributed by atoms with Gasteiger partial charge < -0.3 is 9.42 Å². The van der Waals surface area contributed by atoms with Crippen LogP contribution in [0.4, 0.5) is 0 Å². The molecule has 0 aliphatic carbocycles. The molecule has 0 aromatic carbocycles. The van der Waals surface area contributed by atoms with Crippen molar-refractivity contribution in [2.45, 2.75) is 51.4 Å². The van der Waals surface area contributed by atoms with Crippen LogP contribution in [0.5, 0.6) is 0 Å². The van der Waals surface area contributed by atoms with Crippen molar-refractivity contribution in [2.24, 2.45) is 5.92 Å². The fourth-order valence-electron chi connectivity index (χ4n) is 2.16. The number of thioether (sulfide) groups is 1. The van der Waals surface area contributed by atoms with Gasteiger partial charge in [-0.15, -0.1) is 11.3 Å². The standard InChI is InChI=1S/C16H24N4O2S2/c1-5-20(9-13-18-14(22-19-13)7-11(3)4)15(21)8-12-10-24-16(17-12)23-6-2/h10-11H,5-9H2,1-4H3. The lowest BCUT2D eigenvalue weighted by molar-refractivity contribution is -0.131. The third-order valence-corrected chi connectivity index (χ3v) is 5.24. The van der Waals surface area contributed by atoms with Crippen LogP contribution in [0.25, 0.3) is 0 Å². The van der Waals surface area contributed by atoms with E-state index in [-0.39, 0.29) is 5.91 Å². The number of likely N-dealkylation sites (N-methyl/N-ethyl adjacent to an activating group) is 1. The Labute approximate surface area is 151 Å². The fourth-order valence-corrected chi connectivity index (χ4v) is 3.90. The summed E-state index contributed by atoms with van der Waals surface area (Å²) >= 11 is 3.29. The zero-order valence-corrected chi connectivity index (χ0v) is 16.2. The van der Waals surface area contributed by atoms with E-state index in [1.165, 1.54) is 0 Å². The molecule has 0 bridgehead atoms. The quantitative estimate of drug-likeness (QED) is 0.632. The van der Waals surface area contributed by atoms with Gasteiger partial charge in [-0.05, 0) is 18.6 Å². The average molecular weight is 369 g/mol. The molecule has 0 spiro atoms. The summed E-state index contributed by atoms with van der Waals surface area (Å²) < 4.78 is 6.25. The van der Waals surface area contributed by atoms with Crippen molar-refractivity contribution in [3.8, 4) is 0 Å². The second kappa shape index (κ2) is 9.17. The van der Waals surface area contributed by atoms with Gasteiger partial charge in [0.15, 0.2) is 5.82 Å². The van der Waals surface area contributed by atoms with Gasteiger partial charge in [0.1, 0.15) is 4.34 Å². The molecule has 0 N–H and O–H groups in total. The molecule has 8 heteroatoms. The fraction of sp³-hybridized carbons (Fsp3) is 0.625. The SMILES string of the molecule is CCSc1nc(CC(=O)N(CC)Cc2noc(CC(C)C)n2)cs1. The maximum absolute atomic E-state index is 12.5. The van der Waals surface area contributed by atoms with E-state index in [0.29, 0.717) is 37.1 Å². The van der Waals surface area contributed by atoms with E-state index in [1.54, 1.807) is 28.0 Å². The average Bonchev–Trinajstić information content (AvgIpc) is 3.14. The molecule has 0 saturated carbocycles. The van der Waals surface area contributed by atoms with Crippen molar-refractivity contribution in [1.29, 1.82) is 0 Å². The highest BCUT2D eigenvalue weighted by molar-refractivity contribution is 8.00. The van der Waals surface area contributed by atoms with Gasteiger partial charge in [0.2, 0.25) is 11.8 Å². The molecule has 24 heavy (non-hydrogen) atoms. The second-order valence-electron chi connectivity index (χ2n) is 5.82. The first kappa shape index (κ1) is 18.9. The van der Waals surface area contributed by atoms with Crippen molar-refractivity contribution in [3.05, 3.63) is 22.8 Å². The smallest absolute Gasteiger partial charge is 0.229 e. The van der Waals surface area contributed by atoms with E-state index >= 15 is 0 Å². The molecule has 2 aromatic rings. The Morgan fingerprint density at radius 1 is 1.38 bits per heavy atom. The minimum absolute atomic E-state index is 0.0334. The number of aromatic nitrogens is 3. The van der Waals surface area contributed by atoms with Crippen LogP contribution in [0.1, 0.15) is 45.1 Å². The maximum atomic E-state index is 12.5. The summed E-state index contributed by atoms with van der Waals surface area (Å²) in [5, 5.41) is 5.94. The van der Waals surface area contributed by atoms with Crippen LogP contribution in [0.15, 0.2) is 14.2 Å². The third-order valence-electron chi connectivity index (χ3n) is 3.29. The van der Waals surface area contributed by atoms with E-state index in [2.05, 4.69) is 35.9 Å². The van der Waals surface area contributed by atoms with Crippen LogP contribution < -0.4 is 0 Å². The van der Waals surface area contributed by atoms with Crippen LogP contribution in [0.3, 0.4) is 0 Å². The van der Waals surface area contributed by atoms with Gasteiger partial charge in [-0.25, -0.2) is 4.98 Å². The van der Waals surface area contributed by atoms with Crippen molar-refractivity contribution >= 4 is 29.0 Å². The molecule has 1 amide bonds. The van der Waals surface area contributed by atoms with Crippen LogP contribution in [0, 0.1) is 5.92 Å². The minimum atomic E-state index is 0.0334. The Morgan fingerprint density at radius 2 is 2.17 bits per heavy atom. The highest BCUT2D eigenvalue weighted by atomic mass is 32.2. The molecule has 0 aliphatic heterocycles. The molecule has 0 radical (unpaired) electrons. The van der Waals surface area contributed by atoms with E-state index in [0.717, 1.165) is 22.2 Å². The molecular weight excluding hydrogens is 344 g/mol. The first-order chi connectivity index (χ1) is 11.5. The maximum Gasteiger partial charge on any atom is 0.229 e. The van der Waals surface area contributed by atoms with Gasteiger partial charge in [-0.2, -0.15) is 4.98 Å². The van der Waals surface area contributed by atoms with Gasteiger partial charge in [-0.1, -0.05) is 37.7 Å². The normalized spacial score (nSPS) is 11.2. The number of nitrogens with zero attached hydrogens (tertiary/aromatic N) is 4. The van der Waals surface area contributed by atoms with E-state index < -0.39 is 0 Å². The number of thiazole rings is 1. The number of carbonyl (C=O) groups is 1. The van der Waals surface area contributed by atoms with Crippen LogP contribution in [0.2, 0.25) is 0 Å².